The van der Waals surface area contributed by atoms with Crippen LogP contribution < -0.4 is 0 Å². The Morgan fingerprint density at radius 3 is 1.79 bits per heavy atom. The Morgan fingerprint density at radius 2 is 1.17 bits per heavy atom. The fourth-order valence-corrected chi connectivity index (χ4v) is 3.00. The molecule has 0 unspecified atom stereocenters. The number of rotatable bonds is 3. The van der Waals surface area contributed by atoms with Crippen LogP contribution in [0, 0.1) is 6.92 Å². The van der Waals surface area contributed by atoms with Crippen molar-refractivity contribution >= 4 is 0 Å². The molecule has 0 fully saturated rings. The summed E-state index contributed by atoms with van der Waals surface area (Å²) < 4.78 is 2.01. The van der Waals surface area contributed by atoms with Gasteiger partial charge in [0.2, 0.25) is 0 Å². The molecule has 2 nitrogen and oxygen atoms in total. The Balaban J connectivity index is 1.76. The summed E-state index contributed by atoms with van der Waals surface area (Å²) >= 11 is 0. The predicted octanol–water partition coefficient (Wildman–Crippen LogP) is 5.51. The monoisotopic (exact) mass is 310 g/mol. The number of hydrogen-bond donors (Lipinski definition) is 0. The quantitative estimate of drug-likeness (QED) is 0.487. The van der Waals surface area contributed by atoms with Crippen molar-refractivity contribution in [1.29, 1.82) is 0 Å². The Kier molecular flexibility index (Phi) is 3.72. The minimum atomic E-state index is 1.07. The average Bonchev–Trinajstić information content (AvgIpc) is 3.05. The molecule has 116 valence electrons. The van der Waals surface area contributed by atoms with Crippen LogP contribution in [0.1, 0.15) is 5.56 Å². The van der Waals surface area contributed by atoms with E-state index in [1.165, 1.54) is 22.3 Å². The minimum Gasteiger partial charge on any atom is -0.233 e. The molecule has 4 aromatic rings. The van der Waals surface area contributed by atoms with Gasteiger partial charge in [0.1, 0.15) is 0 Å². The maximum Gasteiger partial charge on any atom is 0.0770 e. The zero-order valence-electron chi connectivity index (χ0n) is 13.6. The van der Waals surface area contributed by atoms with Gasteiger partial charge in [-0.15, -0.1) is 0 Å². The van der Waals surface area contributed by atoms with Gasteiger partial charge in [0.05, 0.1) is 17.6 Å². The van der Waals surface area contributed by atoms with Crippen LogP contribution in [0.25, 0.3) is 28.1 Å². The third kappa shape index (κ3) is 2.63. The van der Waals surface area contributed by atoms with E-state index in [9.17, 15) is 0 Å². The molecule has 0 saturated heterocycles. The summed E-state index contributed by atoms with van der Waals surface area (Å²) in [6.07, 6.45) is 1.92. The number of benzene rings is 3. The Hall–Kier alpha value is -3.13. The zero-order valence-corrected chi connectivity index (χ0v) is 13.6. The first-order valence-corrected chi connectivity index (χ1v) is 8.09. The van der Waals surface area contributed by atoms with Crippen molar-refractivity contribution in [2.24, 2.45) is 0 Å². The summed E-state index contributed by atoms with van der Waals surface area (Å²) in [6, 6.07) is 29.4. The second-order valence-corrected chi connectivity index (χ2v) is 5.87. The highest BCUT2D eigenvalue weighted by atomic mass is 15.3. The lowest BCUT2D eigenvalue weighted by Crippen LogP contribution is -1.99. The van der Waals surface area contributed by atoms with Crippen LogP contribution in [0.15, 0.2) is 91.1 Å². The van der Waals surface area contributed by atoms with Gasteiger partial charge in [0, 0.05) is 5.56 Å². The van der Waals surface area contributed by atoms with Crippen molar-refractivity contribution in [2.75, 3.05) is 0 Å². The third-order valence-corrected chi connectivity index (χ3v) is 4.22. The van der Waals surface area contributed by atoms with E-state index < -0.39 is 0 Å². The van der Waals surface area contributed by atoms with E-state index in [1.807, 2.05) is 23.0 Å². The van der Waals surface area contributed by atoms with Crippen LogP contribution in [0.3, 0.4) is 0 Å². The van der Waals surface area contributed by atoms with Crippen LogP contribution in [-0.2, 0) is 0 Å². The van der Waals surface area contributed by atoms with E-state index >= 15 is 0 Å². The molecule has 0 N–H and O–H groups in total. The second-order valence-electron chi connectivity index (χ2n) is 5.87. The normalized spacial score (nSPS) is 10.7. The molecule has 4 rings (SSSR count). The van der Waals surface area contributed by atoms with Crippen molar-refractivity contribution in [3.63, 3.8) is 0 Å². The molecule has 3 aromatic carbocycles. The zero-order chi connectivity index (χ0) is 16.4. The van der Waals surface area contributed by atoms with Crippen molar-refractivity contribution in [3.8, 4) is 28.1 Å². The first-order chi connectivity index (χ1) is 11.8. The van der Waals surface area contributed by atoms with E-state index in [0.29, 0.717) is 0 Å². The molecule has 1 heterocycles. The number of aryl methyl sites for hydroxylation is 1. The van der Waals surface area contributed by atoms with Gasteiger partial charge in [0.25, 0.3) is 0 Å². The summed E-state index contributed by atoms with van der Waals surface area (Å²) in [5.74, 6) is 0. The molecule has 0 bridgehead atoms. The first kappa shape index (κ1) is 14.5. The predicted molar refractivity (Wildman–Crippen MR) is 99.2 cm³/mol. The molecule has 0 aliphatic rings. The van der Waals surface area contributed by atoms with Crippen LogP contribution in [0.5, 0.6) is 0 Å². The number of nitrogens with zero attached hydrogens (tertiary/aromatic N) is 2. The maximum atomic E-state index is 4.58. The molecule has 0 spiro atoms. The second kappa shape index (κ2) is 6.17. The molecular weight excluding hydrogens is 292 g/mol. The maximum absolute atomic E-state index is 4.58. The topological polar surface area (TPSA) is 17.8 Å². The van der Waals surface area contributed by atoms with Crippen LogP contribution in [0.2, 0.25) is 0 Å². The van der Waals surface area contributed by atoms with E-state index in [1.54, 1.807) is 0 Å². The molecule has 24 heavy (non-hydrogen) atoms. The molecule has 0 aliphatic heterocycles. The smallest absolute Gasteiger partial charge is 0.0770 e. The van der Waals surface area contributed by atoms with Crippen LogP contribution >= 0.6 is 0 Å². The van der Waals surface area contributed by atoms with E-state index in [2.05, 4.69) is 84.8 Å². The minimum absolute atomic E-state index is 1.07. The van der Waals surface area contributed by atoms with E-state index in [4.69, 9.17) is 0 Å². The SMILES string of the molecule is Cc1cnn(-c2ccc(-c3ccccc3)cc2)c1-c1ccccc1. The van der Waals surface area contributed by atoms with Crippen LogP contribution in [0.4, 0.5) is 0 Å². The van der Waals surface area contributed by atoms with Crippen molar-refractivity contribution in [3.05, 3.63) is 96.7 Å². The average molecular weight is 310 g/mol. The van der Waals surface area contributed by atoms with Gasteiger partial charge >= 0.3 is 0 Å². The molecule has 0 aliphatic carbocycles. The number of hydrogen-bond acceptors (Lipinski definition) is 1. The third-order valence-electron chi connectivity index (χ3n) is 4.22. The largest absolute Gasteiger partial charge is 0.233 e. The highest BCUT2D eigenvalue weighted by Crippen LogP contribution is 2.27. The summed E-state index contributed by atoms with van der Waals surface area (Å²) in [4.78, 5) is 0. The molecule has 0 radical (unpaired) electrons. The van der Waals surface area contributed by atoms with Gasteiger partial charge in [-0.25, -0.2) is 4.68 Å². The number of aromatic nitrogens is 2. The first-order valence-electron chi connectivity index (χ1n) is 8.09. The van der Waals surface area contributed by atoms with Gasteiger partial charge in [0.15, 0.2) is 0 Å². The van der Waals surface area contributed by atoms with Gasteiger partial charge in [-0.05, 0) is 35.7 Å². The Labute approximate surface area is 142 Å². The molecule has 0 amide bonds. The highest BCUT2D eigenvalue weighted by molar-refractivity contribution is 5.68. The summed E-state index contributed by atoms with van der Waals surface area (Å²) in [5.41, 5.74) is 7.01. The molecular formula is C22H18N2. The Morgan fingerprint density at radius 1 is 0.625 bits per heavy atom. The van der Waals surface area contributed by atoms with Crippen molar-refractivity contribution in [1.82, 2.24) is 9.78 Å². The highest BCUT2D eigenvalue weighted by Gasteiger charge is 2.11. The van der Waals surface area contributed by atoms with Gasteiger partial charge < -0.3 is 0 Å². The summed E-state index contributed by atoms with van der Waals surface area (Å²) in [7, 11) is 0. The van der Waals surface area contributed by atoms with Crippen molar-refractivity contribution in [2.45, 2.75) is 6.92 Å². The summed E-state index contributed by atoms with van der Waals surface area (Å²) in [5, 5.41) is 4.58. The molecule has 2 heteroatoms. The lowest BCUT2D eigenvalue weighted by molar-refractivity contribution is 0.888. The standard InChI is InChI=1S/C22H18N2/c1-17-16-23-24(22(17)20-10-6-3-7-11-20)21-14-12-19(13-15-21)18-8-4-2-5-9-18/h2-16H,1H3. The van der Waals surface area contributed by atoms with E-state index in [-0.39, 0.29) is 0 Å². The fourth-order valence-electron chi connectivity index (χ4n) is 3.00. The van der Waals surface area contributed by atoms with Crippen molar-refractivity contribution < 1.29 is 0 Å². The lowest BCUT2D eigenvalue weighted by atomic mass is 10.1. The Bertz CT molecular complexity index is 936. The van der Waals surface area contributed by atoms with Crippen LogP contribution in [-0.4, -0.2) is 9.78 Å². The summed E-state index contributed by atoms with van der Waals surface area (Å²) in [6.45, 7) is 2.10. The lowest BCUT2D eigenvalue weighted by Gasteiger charge is -2.10. The molecule has 0 atom stereocenters. The van der Waals surface area contributed by atoms with E-state index in [0.717, 1.165) is 11.4 Å². The van der Waals surface area contributed by atoms with Gasteiger partial charge in [-0.3, -0.25) is 0 Å². The van der Waals surface area contributed by atoms with Gasteiger partial charge in [-0.1, -0.05) is 72.8 Å². The molecule has 0 saturated carbocycles. The fraction of sp³-hybridized carbons (Fsp3) is 0.0455. The van der Waals surface area contributed by atoms with Gasteiger partial charge in [-0.2, -0.15) is 5.10 Å². The molecule has 1 aromatic heterocycles.